The van der Waals surface area contributed by atoms with Crippen molar-refractivity contribution >= 4 is 5.97 Å². The van der Waals surface area contributed by atoms with E-state index in [0.717, 1.165) is 13.0 Å². The van der Waals surface area contributed by atoms with Gasteiger partial charge in [-0.15, -0.1) is 0 Å². The fraction of sp³-hybridized carbons (Fsp3) is 0.889. The van der Waals surface area contributed by atoms with Gasteiger partial charge in [-0.25, -0.2) is 0 Å². The van der Waals surface area contributed by atoms with E-state index >= 15 is 0 Å². The molecular formula is C9H20N2O2. The molecule has 0 saturated heterocycles. The monoisotopic (exact) mass is 188 g/mol. The molecule has 0 aliphatic rings. The molecule has 0 radical (unpaired) electrons. The molecule has 0 aromatic rings. The maximum absolute atomic E-state index is 11.2. The lowest BCUT2D eigenvalue weighted by Crippen LogP contribution is -2.31. The Morgan fingerprint density at radius 1 is 1.62 bits per heavy atom. The number of esters is 1. The van der Waals surface area contributed by atoms with E-state index in [4.69, 9.17) is 10.5 Å². The van der Waals surface area contributed by atoms with Crippen LogP contribution < -0.4 is 11.1 Å². The number of ether oxygens (including phenoxy) is 1. The molecule has 0 aliphatic carbocycles. The minimum absolute atomic E-state index is 0.0851. The topological polar surface area (TPSA) is 64.3 Å². The second-order valence-electron chi connectivity index (χ2n) is 3.06. The normalized spacial score (nSPS) is 12.5. The van der Waals surface area contributed by atoms with Crippen LogP contribution in [-0.4, -0.2) is 32.2 Å². The Bertz CT molecular complexity index is 140. The maximum atomic E-state index is 11.2. The minimum atomic E-state index is -0.133. The summed E-state index contributed by atoms with van der Waals surface area (Å²) in [7, 11) is 0. The van der Waals surface area contributed by atoms with Crippen molar-refractivity contribution in [3.05, 3.63) is 0 Å². The van der Waals surface area contributed by atoms with Gasteiger partial charge in [0.05, 0.1) is 12.5 Å². The summed E-state index contributed by atoms with van der Waals surface area (Å²) >= 11 is 0. The molecule has 0 heterocycles. The SMILES string of the molecule is CCCOC(=O)C(C)CNCCN. The Hall–Kier alpha value is -0.610. The van der Waals surface area contributed by atoms with Gasteiger partial charge in [-0.3, -0.25) is 4.79 Å². The van der Waals surface area contributed by atoms with Crippen LogP contribution in [0, 0.1) is 5.92 Å². The lowest BCUT2D eigenvalue weighted by atomic mass is 10.2. The Morgan fingerprint density at radius 2 is 2.31 bits per heavy atom. The lowest BCUT2D eigenvalue weighted by molar-refractivity contribution is -0.147. The smallest absolute Gasteiger partial charge is 0.309 e. The maximum Gasteiger partial charge on any atom is 0.309 e. The highest BCUT2D eigenvalue weighted by Crippen LogP contribution is 1.97. The number of nitrogens with two attached hydrogens (primary N) is 1. The van der Waals surface area contributed by atoms with Gasteiger partial charge in [0, 0.05) is 19.6 Å². The number of hydrogen-bond acceptors (Lipinski definition) is 4. The van der Waals surface area contributed by atoms with Crippen LogP contribution in [0.25, 0.3) is 0 Å². The predicted molar refractivity (Wildman–Crippen MR) is 52.3 cm³/mol. The van der Waals surface area contributed by atoms with Gasteiger partial charge in [-0.05, 0) is 6.42 Å². The molecule has 4 heteroatoms. The van der Waals surface area contributed by atoms with E-state index in [1.807, 2.05) is 13.8 Å². The molecule has 0 aliphatic heterocycles. The molecule has 0 fully saturated rings. The summed E-state index contributed by atoms with van der Waals surface area (Å²) in [5.74, 6) is -0.218. The first-order valence-electron chi connectivity index (χ1n) is 4.79. The van der Waals surface area contributed by atoms with E-state index in [-0.39, 0.29) is 11.9 Å². The first kappa shape index (κ1) is 12.4. The van der Waals surface area contributed by atoms with Crippen LogP contribution >= 0.6 is 0 Å². The zero-order valence-electron chi connectivity index (χ0n) is 8.51. The van der Waals surface area contributed by atoms with Crippen molar-refractivity contribution in [1.82, 2.24) is 5.32 Å². The van der Waals surface area contributed by atoms with Crippen molar-refractivity contribution in [2.75, 3.05) is 26.2 Å². The van der Waals surface area contributed by atoms with Gasteiger partial charge < -0.3 is 15.8 Å². The Labute approximate surface area is 79.8 Å². The molecule has 0 rings (SSSR count). The summed E-state index contributed by atoms with van der Waals surface area (Å²) in [5, 5.41) is 3.07. The van der Waals surface area contributed by atoms with E-state index in [9.17, 15) is 4.79 Å². The molecule has 0 saturated carbocycles. The number of carbonyl (C=O) groups excluding carboxylic acids is 1. The zero-order chi connectivity index (χ0) is 10.1. The summed E-state index contributed by atoms with van der Waals surface area (Å²) in [5.41, 5.74) is 5.29. The molecule has 13 heavy (non-hydrogen) atoms. The largest absolute Gasteiger partial charge is 0.465 e. The van der Waals surface area contributed by atoms with Crippen LogP contribution in [0.3, 0.4) is 0 Å². The zero-order valence-corrected chi connectivity index (χ0v) is 8.51. The van der Waals surface area contributed by atoms with Crippen LogP contribution in [0.4, 0.5) is 0 Å². The molecule has 0 aromatic carbocycles. The highest BCUT2D eigenvalue weighted by molar-refractivity contribution is 5.72. The van der Waals surface area contributed by atoms with Crippen molar-refractivity contribution in [1.29, 1.82) is 0 Å². The number of carbonyl (C=O) groups is 1. The Balaban J connectivity index is 3.45. The third-order valence-corrected chi connectivity index (χ3v) is 1.62. The second-order valence-corrected chi connectivity index (χ2v) is 3.06. The number of rotatable bonds is 7. The third kappa shape index (κ3) is 6.54. The molecule has 4 nitrogen and oxygen atoms in total. The minimum Gasteiger partial charge on any atom is -0.465 e. The summed E-state index contributed by atoms with van der Waals surface area (Å²) in [6, 6.07) is 0. The van der Waals surface area contributed by atoms with E-state index in [1.165, 1.54) is 0 Å². The fourth-order valence-electron chi connectivity index (χ4n) is 0.849. The average Bonchev–Trinajstić information content (AvgIpc) is 2.14. The molecule has 1 atom stereocenters. The summed E-state index contributed by atoms with van der Waals surface area (Å²) < 4.78 is 4.97. The van der Waals surface area contributed by atoms with Crippen molar-refractivity contribution in [2.24, 2.45) is 11.7 Å². The molecule has 0 bridgehead atoms. The fourth-order valence-corrected chi connectivity index (χ4v) is 0.849. The van der Waals surface area contributed by atoms with Gasteiger partial charge in [0.2, 0.25) is 0 Å². The highest BCUT2D eigenvalue weighted by Gasteiger charge is 2.12. The van der Waals surface area contributed by atoms with Crippen LogP contribution in [0.1, 0.15) is 20.3 Å². The summed E-state index contributed by atoms with van der Waals surface area (Å²) in [6.45, 7) is 6.31. The predicted octanol–water partition coefficient (Wildman–Crippen LogP) is 0.124. The molecule has 1 unspecified atom stereocenters. The molecule has 0 aromatic heterocycles. The van der Waals surface area contributed by atoms with Gasteiger partial charge >= 0.3 is 5.97 Å². The van der Waals surface area contributed by atoms with Crippen LogP contribution in [-0.2, 0) is 9.53 Å². The van der Waals surface area contributed by atoms with Crippen molar-refractivity contribution < 1.29 is 9.53 Å². The third-order valence-electron chi connectivity index (χ3n) is 1.62. The van der Waals surface area contributed by atoms with E-state index in [1.54, 1.807) is 0 Å². The molecular weight excluding hydrogens is 168 g/mol. The molecule has 3 N–H and O–H groups in total. The number of hydrogen-bond donors (Lipinski definition) is 2. The van der Waals surface area contributed by atoms with E-state index in [0.29, 0.717) is 19.7 Å². The van der Waals surface area contributed by atoms with Gasteiger partial charge in [0.1, 0.15) is 0 Å². The van der Waals surface area contributed by atoms with Crippen LogP contribution in [0.5, 0.6) is 0 Å². The number of nitrogens with one attached hydrogen (secondary N) is 1. The van der Waals surface area contributed by atoms with E-state index in [2.05, 4.69) is 5.32 Å². The van der Waals surface area contributed by atoms with Gasteiger partial charge in [-0.2, -0.15) is 0 Å². The molecule has 78 valence electrons. The summed E-state index contributed by atoms with van der Waals surface area (Å²) in [6.07, 6.45) is 0.870. The van der Waals surface area contributed by atoms with Gasteiger partial charge in [0.25, 0.3) is 0 Å². The Morgan fingerprint density at radius 3 is 2.85 bits per heavy atom. The molecule has 0 spiro atoms. The Kier molecular flexibility index (Phi) is 7.63. The van der Waals surface area contributed by atoms with Crippen LogP contribution in [0.2, 0.25) is 0 Å². The lowest BCUT2D eigenvalue weighted by Gasteiger charge is -2.11. The first-order valence-corrected chi connectivity index (χ1v) is 4.79. The van der Waals surface area contributed by atoms with Gasteiger partial charge in [0.15, 0.2) is 0 Å². The van der Waals surface area contributed by atoms with E-state index < -0.39 is 0 Å². The van der Waals surface area contributed by atoms with Crippen molar-refractivity contribution in [3.8, 4) is 0 Å². The van der Waals surface area contributed by atoms with Gasteiger partial charge in [-0.1, -0.05) is 13.8 Å². The second kappa shape index (κ2) is 8.01. The first-order chi connectivity index (χ1) is 6.22. The summed E-state index contributed by atoms with van der Waals surface area (Å²) in [4.78, 5) is 11.2. The van der Waals surface area contributed by atoms with Crippen LogP contribution in [0.15, 0.2) is 0 Å². The van der Waals surface area contributed by atoms with Crippen molar-refractivity contribution in [3.63, 3.8) is 0 Å². The average molecular weight is 188 g/mol. The van der Waals surface area contributed by atoms with Crippen molar-refractivity contribution in [2.45, 2.75) is 20.3 Å². The molecule has 0 amide bonds. The standard InChI is InChI=1S/C9H20N2O2/c1-3-6-13-9(12)8(2)7-11-5-4-10/h8,11H,3-7,10H2,1-2H3. The highest BCUT2D eigenvalue weighted by atomic mass is 16.5. The quantitative estimate of drug-likeness (QED) is 0.440.